The van der Waals surface area contributed by atoms with Crippen LogP contribution in [0.15, 0.2) is 35.9 Å². The Balaban J connectivity index is 1.15. The molecule has 6 rings (SSSR count). The van der Waals surface area contributed by atoms with Crippen LogP contribution in [-0.2, 0) is 16.1 Å². The highest BCUT2D eigenvalue weighted by atomic mass is 16.5. The van der Waals surface area contributed by atoms with Gasteiger partial charge >= 0.3 is 6.03 Å². The Kier molecular flexibility index (Phi) is 6.23. The number of likely N-dealkylation sites (tertiary alicyclic amines) is 1. The Hall–Kier alpha value is -2.87. The normalized spacial score (nSPS) is 31.9. The van der Waals surface area contributed by atoms with Gasteiger partial charge in [0.05, 0.1) is 26.1 Å². The van der Waals surface area contributed by atoms with Crippen LogP contribution in [0.4, 0.5) is 4.79 Å². The molecule has 2 bridgehead atoms. The molecular formula is C28H36N4O4. The number of para-hydroxylation sites is 1. The van der Waals surface area contributed by atoms with Crippen molar-refractivity contribution >= 4 is 17.8 Å². The fourth-order valence-electron chi connectivity index (χ4n) is 7.41. The number of amides is 4. The van der Waals surface area contributed by atoms with Crippen LogP contribution in [0.3, 0.4) is 0 Å². The lowest BCUT2D eigenvalue weighted by molar-refractivity contribution is -0.139. The molecule has 0 radical (unpaired) electrons. The zero-order valence-corrected chi connectivity index (χ0v) is 21.0. The molecule has 1 aliphatic carbocycles. The van der Waals surface area contributed by atoms with Crippen molar-refractivity contribution in [3.63, 3.8) is 0 Å². The Morgan fingerprint density at radius 1 is 1.14 bits per heavy atom. The van der Waals surface area contributed by atoms with Crippen LogP contribution in [0.2, 0.25) is 0 Å². The molecule has 4 fully saturated rings. The summed E-state index contributed by atoms with van der Waals surface area (Å²) >= 11 is 0. The Morgan fingerprint density at radius 3 is 2.86 bits per heavy atom. The molecule has 0 spiro atoms. The molecule has 4 amide bonds. The molecule has 0 unspecified atom stereocenters. The lowest BCUT2D eigenvalue weighted by atomic mass is 9.68. The number of nitrogens with one attached hydrogen (secondary N) is 1. The van der Waals surface area contributed by atoms with Crippen molar-refractivity contribution in [1.29, 1.82) is 0 Å². The fourth-order valence-corrected chi connectivity index (χ4v) is 7.41. The number of carbonyl (C=O) groups is 3. The topological polar surface area (TPSA) is 82.2 Å². The van der Waals surface area contributed by atoms with Gasteiger partial charge in [0.25, 0.3) is 5.91 Å². The minimum absolute atomic E-state index is 0.0132. The number of hydrogen-bond acceptors (Lipinski definition) is 5. The molecule has 1 aromatic carbocycles. The summed E-state index contributed by atoms with van der Waals surface area (Å²) in [7, 11) is 1.57. The smallest absolute Gasteiger partial charge is 0.325 e. The van der Waals surface area contributed by atoms with E-state index in [1.54, 1.807) is 7.11 Å². The molecule has 5 aliphatic rings. The number of nitrogens with zero attached hydrogens (tertiary/aromatic N) is 3. The van der Waals surface area contributed by atoms with Crippen molar-refractivity contribution in [2.45, 2.75) is 69.6 Å². The number of rotatable bonds is 5. The van der Waals surface area contributed by atoms with Crippen LogP contribution >= 0.6 is 0 Å². The molecular weight excluding hydrogens is 456 g/mol. The number of benzene rings is 1. The van der Waals surface area contributed by atoms with E-state index in [1.165, 1.54) is 36.3 Å². The van der Waals surface area contributed by atoms with Crippen molar-refractivity contribution in [2.24, 2.45) is 11.8 Å². The lowest BCUT2D eigenvalue weighted by Gasteiger charge is -2.54. The van der Waals surface area contributed by atoms with E-state index >= 15 is 0 Å². The molecule has 4 aliphatic heterocycles. The number of hydrogen-bond donors (Lipinski definition) is 1. The van der Waals surface area contributed by atoms with E-state index < -0.39 is 12.1 Å². The standard InChI is InChI=1S/C28H36N4O4/c1-36-24-10-3-2-7-19(24)17-32-27(34)22(29-28(32)35)15-25(33)31-12-6-8-18-13-20-14-21(26(18)31)16-30-11-5-4-9-23(20)30/h2-3,7,10,13,20-23,26H,4-6,8-9,11-12,14-17H2,1H3,(H,29,35)/t20-,21-,22-,23-,26-/m0/s1. The number of imide groups is 1. The molecule has 8 nitrogen and oxygen atoms in total. The van der Waals surface area contributed by atoms with Crippen LogP contribution < -0.4 is 10.1 Å². The highest BCUT2D eigenvalue weighted by Crippen LogP contribution is 2.45. The highest BCUT2D eigenvalue weighted by Gasteiger charge is 2.48. The van der Waals surface area contributed by atoms with Gasteiger partial charge in [0, 0.05) is 24.7 Å². The third-order valence-corrected chi connectivity index (χ3v) is 8.98. The summed E-state index contributed by atoms with van der Waals surface area (Å²) in [6.07, 6.45) is 9.60. The van der Waals surface area contributed by atoms with Crippen LogP contribution in [0, 0.1) is 11.8 Å². The molecule has 4 saturated heterocycles. The average Bonchev–Trinajstić information content (AvgIpc) is 3.16. The van der Waals surface area contributed by atoms with Crippen LogP contribution in [0.1, 0.15) is 50.5 Å². The molecule has 1 aromatic rings. The van der Waals surface area contributed by atoms with Crippen molar-refractivity contribution < 1.29 is 19.1 Å². The second-order valence-electron chi connectivity index (χ2n) is 11.0. The molecule has 0 saturated carbocycles. The predicted octanol–water partition coefficient (Wildman–Crippen LogP) is 2.93. The van der Waals surface area contributed by atoms with Crippen LogP contribution in [-0.4, -0.2) is 77.4 Å². The van der Waals surface area contributed by atoms with Gasteiger partial charge in [-0.05, 0) is 56.6 Å². The lowest BCUT2D eigenvalue weighted by Crippen LogP contribution is -2.60. The quantitative estimate of drug-likeness (QED) is 0.505. The minimum atomic E-state index is -0.816. The number of methoxy groups -OCH3 is 1. The number of fused-ring (bicyclic) bond motifs is 6. The van der Waals surface area contributed by atoms with Gasteiger partial charge in [-0.15, -0.1) is 0 Å². The summed E-state index contributed by atoms with van der Waals surface area (Å²) < 4.78 is 5.37. The maximum absolute atomic E-state index is 13.6. The van der Waals surface area contributed by atoms with E-state index in [0.29, 0.717) is 23.6 Å². The van der Waals surface area contributed by atoms with E-state index in [2.05, 4.69) is 16.3 Å². The third kappa shape index (κ3) is 4.09. The zero-order valence-electron chi connectivity index (χ0n) is 21.0. The van der Waals surface area contributed by atoms with Crippen molar-refractivity contribution in [1.82, 2.24) is 20.0 Å². The first-order valence-corrected chi connectivity index (χ1v) is 13.5. The molecule has 36 heavy (non-hydrogen) atoms. The summed E-state index contributed by atoms with van der Waals surface area (Å²) in [4.78, 5) is 45.3. The van der Waals surface area contributed by atoms with Gasteiger partial charge in [-0.1, -0.05) is 36.3 Å². The van der Waals surface area contributed by atoms with E-state index in [1.807, 2.05) is 29.2 Å². The first-order chi connectivity index (χ1) is 17.5. The van der Waals surface area contributed by atoms with Crippen LogP contribution in [0.25, 0.3) is 0 Å². The van der Waals surface area contributed by atoms with Gasteiger partial charge in [-0.2, -0.15) is 0 Å². The molecule has 8 heteroatoms. The molecule has 1 N–H and O–H groups in total. The summed E-state index contributed by atoms with van der Waals surface area (Å²) in [6, 6.07) is 6.90. The van der Waals surface area contributed by atoms with E-state index in [-0.39, 0.29) is 30.8 Å². The Bertz CT molecular complexity index is 1090. The van der Waals surface area contributed by atoms with Crippen molar-refractivity contribution in [2.75, 3.05) is 26.7 Å². The summed E-state index contributed by atoms with van der Waals surface area (Å²) in [5.74, 6) is 1.34. The van der Waals surface area contributed by atoms with Gasteiger partial charge in [0.15, 0.2) is 0 Å². The van der Waals surface area contributed by atoms with Gasteiger partial charge in [0.2, 0.25) is 5.91 Å². The second-order valence-corrected chi connectivity index (χ2v) is 11.0. The van der Waals surface area contributed by atoms with Gasteiger partial charge in [0.1, 0.15) is 11.8 Å². The zero-order chi connectivity index (χ0) is 24.8. The van der Waals surface area contributed by atoms with Crippen molar-refractivity contribution in [3.05, 3.63) is 41.5 Å². The molecule has 4 heterocycles. The van der Waals surface area contributed by atoms with Gasteiger partial charge in [-0.3, -0.25) is 19.4 Å². The van der Waals surface area contributed by atoms with Crippen LogP contribution in [0.5, 0.6) is 5.75 Å². The van der Waals surface area contributed by atoms with Crippen molar-refractivity contribution in [3.8, 4) is 5.75 Å². The number of ether oxygens (including phenoxy) is 1. The maximum Gasteiger partial charge on any atom is 0.325 e. The third-order valence-electron chi connectivity index (χ3n) is 8.98. The maximum atomic E-state index is 13.6. The fraction of sp³-hybridized carbons (Fsp3) is 0.607. The summed E-state index contributed by atoms with van der Waals surface area (Å²) in [5.41, 5.74) is 2.19. The monoisotopic (exact) mass is 492 g/mol. The Labute approximate surface area is 212 Å². The molecule has 0 aromatic heterocycles. The predicted molar refractivity (Wildman–Crippen MR) is 134 cm³/mol. The summed E-state index contributed by atoms with van der Waals surface area (Å²) in [6.45, 7) is 3.09. The van der Waals surface area contributed by atoms with Gasteiger partial charge < -0.3 is 15.0 Å². The van der Waals surface area contributed by atoms with E-state index in [4.69, 9.17) is 4.74 Å². The average molecular weight is 493 g/mol. The first-order valence-electron chi connectivity index (χ1n) is 13.5. The van der Waals surface area contributed by atoms with E-state index in [9.17, 15) is 14.4 Å². The molecule has 5 atom stereocenters. The molecule has 192 valence electrons. The SMILES string of the molecule is COc1ccccc1CN1C(=O)N[C@@H](CC(=O)N2CCCC3=C[C@H]4C[C@@H](CN5CCCC[C@@H]45)[C@H]32)C1=O. The van der Waals surface area contributed by atoms with Gasteiger partial charge in [-0.25, -0.2) is 4.79 Å². The highest BCUT2D eigenvalue weighted by molar-refractivity contribution is 6.05. The second kappa shape index (κ2) is 9.54. The number of urea groups is 1. The summed E-state index contributed by atoms with van der Waals surface area (Å²) in [5, 5.41) is 2.76. The first kappa shape index (κ1) is 23.5. The number of piperidine rings is 3. The Morgan fingerprint density at radius 2 is 2.00 bits per heavy atom. The number of carbonyl (C=O) groups excluding carboxylic acids is 3. The largest absolute Gasteiger partial charge is 0.496 e. The minimum Gasteiger partial charge on any atom is -0.496 e. The van der Waals surface area contributed by atoms with E-state index in [0.717, 1.165) is 37.9 Å².